The Morgan fingerprint density at radius 2 is 1.84 bits per heavy atom. The maximum atomic E-state index is 12.6. The van der Waals surface area contributed by atoms with Crippen LogP contribution >= 0.6 is 0 Å². The van der Waals surface area contributed by atoms with Crippen LogP contribution in [-0.4, -0.2) is 54.8 Å². The van der Waals surface area contributed by atoms with E-state index in [1.807, 2.05) is 0 Å². The number of nitro benzene ring substituents is 1. The van der Waals surface area contributed by atoms with Crippen molar-refractivity contribution in [3.8, 4) is 5.75 Å². The molecule has 0 spiro atoms. The molecule has 1 aliphatic heterocycles. The van der Waals surface area contributed by atoms with Gasteiger partial charge >= 0.3 is 6.18 Å². The van der Waals surface area contributed by atoms with Gasteiger partial charge in [0.15, 0.2) is 6.61 Å². The lowest BCUT2D eigenvalue weighted by molar-refractivity contribution is -0.384. The zero-order valence-corrected chi connectivity index (χ0v) is 16.4. The van der Waals surface area contributed by atoms with Gasteiger partial charge in [0.25, 0.3) is 11.6 Å². The molecule has 0 bridgehead atoms. The predicted octanol–water partition coefficient (Wildman–Crippen LogP) is 3.62. The van der Waals surface area contributed by atoms with Gasteiger partial charge < -0.3 is 19.7 Å². The summed E-state index contributed by atoms with van der Waals surface area (Å²) in [4.78, 5) is 25.1. The first-order chi connectivity index (χ1) is 14.7. The second-order valence-electron chi connectivity index (χ2n) is 6.79. The van der Waals surface area contributed by atoms with Crippen LogP contribution in [0.4, 0.5) is 24.5 Å². The van der Waals surface area contributed by atoms with Gasteiger partial charge in [0.05, 0.1) is 18.1 Å². The van der Waals surface area contributed by atoms with Gasteiger partial charge in [-0.15, -0.1) is 0 Å². The van der Waals surface area contributed by atoms with Crippen LogP contribution in [0, 0.1) is 10.1 Å². The third-order valence-electron chi connectivity index (χ3n) is 4.55. The second kappa shape index (κ2) is 9.65. The number of carbonyl (C=O) groups is 1. The third-order valence-corrected chi connectivity index (χ3v) is 4.55. The topological polar surface area (TPSA) is 93.9 Å². The Bertz CT molecular complexity index is 929. The number of nitrogens with one attached hydrogen (secondary N) is 1. The zero-order valence-electron chi connectivity index (χ0n) is 16.4. The summed E-state index contributed by atoms with van der Waals surface area (Å²) in [5, 5.41) is 14.4. The number of anilines is 1. The number of nitrogens with zero attached hydrogens (tertiary/aromatic N) is 2. The number of carbonyl (C=O) groups excluding carboxylic acids is 1. The highest BCUT2D eigenvalue weighted by Crippen LogP contribution is 2.27. The Balaban J connectivity index is 1.65. The lowest BCUT2D eigenvalue weighted by Gasteiger charge is -2.26. The molecule has 2 aromatic rings. The molecule has 0 atom stereocenters. The molecule has 3 rings (SSSR count). The molecule has 2 aromatic carbocycles. The predicted molar refractivity (Wildman–Crippen MR) is 105 cm³/mol. The van der Waals surface area contributed by atoms with E-state index < -0.39 is 17.7 Å². The lowest BCUT2D eigenvalue weighted by Crippen LogP contribution is -2.40. The highest BCUT2D eigenvalue weighted by Gasteiger charge is 2.28. The molecule has 1 aliphatic rings. The number of benzene rings is 2. The molecule has 0 aromatic heterocycles. The number of halogens is 3. The van der Waals surface area contributed by atoms with Crippen LogP contribution in [0.25, 0.3) is 0 Å². The Kier molecular flexibility index (Phi) is 6.95. The van der Waals surface area contributed by atoms with Crippen molar-refractivity contribution in [1.82, 2.24) is 4.90 Å². The normalized spacial score (nSPS) is 14.2. The fourth-order valence-electron chi connectivity index (χ4n) is 2.98. The maximum absolute atomic E-state index is 12.6. The Morgan fingerprint density at radius 1 is 1.16 bits per heavy atom. The summed E-state index contributed by atoms with van der Waals surface area (Å²) < 4.78 is 46.4. The number of hydrogen-bond acceptors (Lipinski definition) is 6. The fraction of sp³-hybridized carbons (Fsp3) is 0.350. The molecule has 1 fully saturated rings. The third kappa shape index (κ3) is 6.32. The molecule has 1 saturated heterocycles. The summed E-state index contributed by atoms with van der Waals surface area (Å²) in [5.74, 6) is -0.231. The SMILES string of the molecule is O=C(c1ccc(NCc2ccc(OCC(F)(F)F)cc2)c([N+](=O)[O-])c1)N1CCOCC1. The lowest BCUT2D eigenvalue weighted by atomic mass is 10.1. The van der Waals surface area contributed by atoms with Crippen LogP contribution in [0.3, 0.4) is 0 Å². The Morgan fingerprint density at radius 3 is 2.45 bits per heavy atom. The number of nitro groups is 1. The van der Waals surface area contributed by atoms with Crippen LogP contribution < -0.4 is 10.1 Å². The molecular weight excluding hydrogens is 419 g/mol. The van der Waals surface area contributed by atoms with E-state index >= 15 is 0 Å². The van der Waals surface area contributed by atoms with E-state index in [-0.39, 0.29) is 35.1 Å². The molecule has 1 heterocycles. The second-order valence-corrected chi connectivity index (χ2v) is 6.79. The van der Waals surface area contributed by atoms with Crippen molar-refractivity contribution < 1.29 is 32.4 Å². The van der Waals surface area contributed by atoms with Crippen LogP contribution in [0.15, 0.2) is 42.5 Å². The first-order valence-electron chi connectivity index (χ1n) is 9.41. The van der Waals surface area contributed by atoms with Crippen LogP contribution in [0.1, 0.15) is 15.9 Å². The molecular formula is C20H20F3N3O5. The zero-order chi connectivity index (χ0) is 22.4. The molecule has 0 unspecified atom stereocenters. The van der Waals surface area contributed by atoms with Crippen molar-refractivity contribution in [3.63, 3.8) is 0 Å². The quantitative estimate of drug-likeness (QED) is 0.523. The standard InChI is InChI=1S/C20H20F3N3O5/c21-20(22,23)13-31-16-4-1-14(2-5-16)12-24-17-6-3-15(11-18(17)26(28)29)19(27)25-7-9-30-10-8-25/h1-6,11,24H,7-10,12-13H2. The largest absolute Gasteiger partial charge is 0.484 e. The molecule has 1 amide bonds. The Labute approximate surface area is 175 Å². The van der Waals surface area contributed by atoms with Gasteiger partial charge in [0, 0.05) is 31.3 Å². The minimum atomic E-state index is -4.42. The highest BCUT2D eigenvalue weighted by atomic mass is 19.4. The first kappa shape index (κ1) is 22.3. The van der Waals surface area contributed by atoms with Crippen LogP contribution in [-0.2, 0) is 11.3 Å². The van der Waals surface area contributed by atoms with Gasteiger partial charge in [0.1, 0.15) is 11.4 Å². The summed E-state index contributed by atoms with van der Waals surface area (Å²) in [6.07, 6.45) is -4.42. The number of rotatable bonds is 7. The van der Waals surface area contributed by atoms with Gasteiger partial charge in [-0.05, 0) is 29.8 Å². The molecule has 1 N–H and O–H groups in total. The van der Waals surface area contributed by atoms with Crippen molar-refractivity contribution >= 4 is 17.3 Å². The van der Waals surface area contributed by atoms with Crippen molar-refractivity contribution in [1.29, 1.82) is 0 Å². The summed E-state index contributed by atoms with van der Waals surface area (Å²) >= 11 is 0. The van der Waals surface area contributed by atoms with Crippen molar-refractivity contribution in [2.45, 2.75) is 12.7 Å². The number of amides is 1. The summed E-state index contributed by atoms with van der Waals surface area (Å²) in [5.41, 5.74) is 0.873. The van der Waals surface area contributed by atoms with Crippen molar-refractivity contribution in [2.24, 2.45) is 0 Å². The summed E-state index contributed by atoms with van der Waals surface area (Å²) in [6.45, 7) is 0.509. The first-order valence-corrected chi connectivity index (χ1v) is 9.41. The average molecular weight is 439 g/mol. The maximum Gasteiger partial charge on any atom is 0.422 e. The molecule has 0 aliphatic carbocycles. The van der Waals surface area contributed by atoms with Gasteiger partial charge in [-0.2, -0.15) is 13.2 Å². The smallest absolute Gasteiger partial charge is 0.422 e. The number of alkyl halides is 3. The van der Waals surface area contributed by atoms with Crippen molar-refractivity contribution in [2.75, 3.05) is 38.2 Å². The van der Waals surface area contributed by atoms with E-state index in [0.717, 1.165) is 0 Å². The number of ether oxygens (including phenoxy) is 2. The van der Waals surface area contributed by atoms with Crippen LogP contribution in [0.5, 0.6) is 5.75 Å². The number of hydrogen-bond donors (Lipinski definition) is 1. The minimum Gasteiger partial charge on any atom is -0.484 e. The molecule has 0 radical (unpaired) electrons. The van der Waals surface area contributed by atoms with E-state index in [9.17, 15) is 28.1 Å². The molecule has 166 valence electrons. The minimum absolute atomic E-state index is 0.0676. The van der Waals surface area contributed by atoms with E-state index in [1.165, 1.54) is 30.3 Å². The van der Waals surface area contributed by atoms with E-state index in [2.05, 4.69) is 10.1 Å². The molecule has 0 saturated carbocycles. The van der Waals surface area contributed by atoms with Gasteiger partial charge in [-0.25, -0.2) is 0 Å². The van der Waals surface area contributed by atoms with Gasteiger partial charge in [-0.1, -0.05) is 12.1 Å². The van der Waals surface area contributed by atoms with Crippen LogP contribution in [0.2, 0.25) is 0 Å². The van der Waals surface area contributed by atoms with Gasteiger partial charge in [-0.3, -0.25) is 14.9 Å². The van der Waals surface area contributed by atoms with Crippen molar-refractivity contribution in [3.05, 3.63) is 63.7 Å². The Hall–Kier alpha value is -3.34. The monoisotopic (exact) mass is 439 g/mol. The fourth-order valence-corrected chi connectivity index (χ4v) is 2.98. The van der Waals surface area contributed by atoms with E-state index in [4.69, 9.17) is 4.74 Å². The van der Waals surface area contributed by atoms with E-state index in [0.29, 0.717) is 31.9 Å². The summed E-state index contributed by atoms with van der Waals surface area (Å²) in [7, 11) is 0. The molecule has 31 heavy (non-hydrogen) atoms. The van der Waals surface area contributed by atoms with E-state index in [1.54, 1.807) is 17.0 Å². The summed E-state index contributed by atoms with van der Waals surface area (Å²) in [6, 6.07) is 10.1. The molecule has 11 heteroatoms. The molecule has 8 nitrogen and oxygen atoms in total. The van der Waals surface area contributed by atoms with Gasteiger partial charge in [0.2, 0.25) is 0 Å². The highest BCUT2D eigenvalue weighted by molar-refractivity contribution is 5.95. The number of morpholine rings is 1. The average Bonchev–Trinajstić information content (AvgIpc) is 2.76.